The van der Waals surface area contributed by atoms with Gasteiger partial charge in [-0.15, -0.1) is 0 Å². The largest absolute Gasteiger partial charge is 0.447 e. The predicted molar refractivity (Wildman–Crippen MR) is 102 cm³/mol. The maximum absolute atomic E-state index is 13.3. The number of anilines is 2. The minimum atomic E-state index is -4.70. The molecule has 6 nitrogen and oxygen atoms in total. The highest BCUT2D eigenvalue weighted by Gasteiger charge is 2.35. The normalized spacial score (nSPS) is 11.7. The van der Waals surface area contributed by atoms with Gasteiger partial charge in [0.05, 0.1) is 12.2 Å². The van der Waals surface area contributed by atoms with Crippen LogP contribution >= 0.6 is 0 Å². The van der Waals surface area contributed by atoms with Crippen LogP contribution in [-0.4, -0.2) is 38.5 Å². The topological polar surface area (TPSA) is 76.7 Å². The number of hydrogen-bond acceptors (Lipinski definition) is 4. The van der Waals surface area contributed by atoms with E-state index in [4.69, 9.17) is 9.47 Å². The van der Waals surface area contributed by atoms with E-state index in [1.54, 1.807) is 6.07 Å². The van der Waals surface area contributed by atoms with Crippen LogP contribution in [-0.2, 0) is 14.3 Å². The van der Waals surface area contributed by atoms with Gasteiger partial charge in [0.2, 0.25) is 5.91 Å². The zero-order valence-corrected chi connectivity index (χ0v) is 15.5. The van der Waals surface area contributed by atoms with Gasteiger partial charge in [0.25, 0.3) is 0 Å². The van der Waals surface area contributed by atoms with Crippen LogP contribution in [0.15, 0.2) is 60.7 Å². The first kappa shape index (κ1) is 22.0. The van der Waals surface area contributed by atoms with Crippen molar-refractivity contribution in [1.82, 2.24) is 0 Å². The van der Waals surface area contributed by atoms with Crippen LogP contribution in [0.3, 0.4) is 0 Å². The first-order valence-corrected chi connectivity index (χ1v) is 8.47. The number of hydrogen-bond donors (Lipinski definition) is 2. The smallest absolute Gasteiger partial charge is 0.417 e. The standard InChI is InChI=1S/C20H19F3N2O4/c1-28-10-11-29-19(27)25-16-9-5-8-15(12-16)24-18(26)13-17(20(21,22)23)14-6-3-2-4-7-14/h2-9,12-13H,10-11H2,1H3,(H,24,26)(H,25,27)/b17-13-. The van der Waals surface area contributed by atoms with Gasteiger partial charge in [-0.3, -0.25) is 10.1 Å². The molecule has 2 amide bonds. The molecular formula is C20H19F3N2O4. The van der Waals surface area contributed by atoms with Gasteiger partial charge in [-0.2, -0.15) is 13.2 Å². The summed E-state index contributed by atoms with van der Waals surface area (Å²) < 4.78 is 49.6. The lowest BCUT2D eigenvalue weighted by molar-refractivity contribution is -0.112. The van der Waals surface area contributed by atoms with Crippen molar-refractivity contribution < 1.29 is 32.2 Å². The highest BCUT2D eigenvalue weighted by molar-refractivity contribution is 6.05. The molecule has 0 unspecified atom stereocenters. The van der Waals surface area contributed by atoms with E-state index < -0.39 is 23.7 Å². The fourth-order valence-corrected chi connectivity index (χ4v) is 2.30. The van der Waals surface area contributed by atoms with Gasteiger partial charge >= 0.3 is 12.3 Å². The van der Waals surface area contributed by atoms with Gasteiger partial charge in [-0.1, -0.05) is 36.4 Å². The van der Waals surface area contributed by atoms with Crippen LogP contribution in [0.25, 0.3) is 5.57 Å². The van der Waals surface area contributed by atoms with E-state index in [1.165, 1.54) is 55.6 Å². The Morgan fingerprint density at radius 3 is 2.24 bits per heavy atom. The van der Waals surface area contributed by atoms with Gasteiger partial charge in [0.1, 0.15) is 6.61 Å². The quantitative estimate of drug-likeness (QED) is 0.524. The van der Waals surface area contributed by atoms with Gasteiger partial charge in [0, 0.05) is 24.6 Å². The number of ether oxygens (including phenoxy) is 2. The number of carbonyl (C=O) groups excluding carboxylic acids is 2. The van der Waals surface area contributed by atoms with E-state index in [-0.39, 0.29) is 24.5 Å². The van der Waals surface area contributed by atoms with E-state index in [0.29, 0.717) is 11.8 Å². The zero-order valence-electron chi connectivity index (χ0n) is 15.5. The fraction of sp³-hybridized carbons (Fsp3) is 0.200. The predicted octanol–water partition coefficient (Wildman–Crippen LogP) is 4.47. The second-order valence-corrected chi connectivity index (χ2v) is 5.75. The fourth-order valence-electron chi connectivity index (χ4n) is 2.30. The van der Waals surface area contributed by atoms with Gasteiger partial charge in [-0.05, 0) is 23.8 Å². The average molecular weight is 408 g/mol. The summed E-state index contributed by atoms with van der Waals surface area (Å²) in [7, 11) is 1.46. The first-order chi connectivity index (χ1) is 13.8. The molecule has 0 saturated carbocycles. The lowest BCUT2D eigenvalue weighted by Crippen LogP contribution is -2.17. The Morgan fingerprint density at radius 2 is 1.62 bits per heavy atom. The van der Waals surface area contributed by atoms with Crippen molar-refractivity contribution in [2.45, 2.75) is 6.18 Å². The molecule has 0 saturated heterocycles. The van der Waals surface area contributed by atoms with Gasteiger partial charge in [-0.25, -0.2) is 4.79 Å². The van der Waals surface area contributed by atoms with E-state index in [2.05, 4.69) is 10.6 Å². The number of nitrogens with one attached hydrogen (secondary N) is 2. The Balaban J connectivity index is 2.09. The summed E-state index contributed by atoms with van der Waals surface area (Å²) in [5.74, 6) is -0.957. The third kappa shape index (κ3) is 7.30. The molecule has 154 valence electrons. The average Bonchev–Trinajstić information content (AvgIpc) is 2.66. The number of benzene rings is 2. The molecule has 0 aromatic heterocycles. The van der Waals surface area contributed by atoms with E-state index in [1.807, 2.05) is 0 Å². The maximum atomic E-state index is 13.3. The molecule has 0 atom stereocenters. The van der Waals surface area contributed by atoms with Crippen LogP contribution in [0.1, 0.15) is 5.56 Å². The Kier molecular flexibility index (Phi) is 7.79. The second-order valence-electron chi connectivity index (χ2n) is 5.75. The lowest BCUT2D eigenvalue weighted by atomic mass is 10.1. The van der Waals surface area contributed by atoms with Gasteiger partial charge in [0.15, 0.2) is 0 Å². The molecule has 0 fully saturated rings. The Morgan fingerprint density at radius 1 is 0.966 bits per heavy atom. The number of methoxy groups -OCH3 is 1. The van der Waals surface area contributed by atoms with Crippen LogP contribution in [0.5, 0.6) is 0 Å². The summed E-state index contributed by atoms with van der Waals surface area (Å²) in [5, 5.41) is 4.79. The maximum Gasteiger partial charge on any atom is 0.417 e. The van der Waals surface area contributed by atoms with Crippen molar-refractivity contribution in [2.24, 2.45) is 0 Å². The Hall–Kier alpha value is -3.33. The lowest BCUT2D eigenvalue weighted by Gasteiger charge is -2.12. The third-order valence-electron chi connectivity index (χ3n) is 3.56. The molecule has 0 bridgehead atoms. The molecule has 0 aliphatic carbocycles. The molecule has 0 radical (unpaired) electrons. The molecule has 0 aliphatic heterocycles. The number of halogens is 3. The summed E-state index contributed by atoms with van der Waals surface area (Å²) >= 11 is 0. The molecule has 0 aliphatic rings. The molecule has 9 heteroatoms. The van der Waals surface area contributed by atoms with E-state index in [0.717, 1.165) is 0 Å². The second kappa shape index (κ2) is 10.3. The summed E-state index contributed by atoms with van der Waals surface area (Å²) in [4.78, 5) is 23.8. The van der Waals surface area contributed by atoms with Crippen molar-refractivity contribution in [3.8, 4) is 0 Å². The van der Waals surface area contributed by atoms with Crippen molar-refractivity contribution in [3.63, 3.8) is 0 Å². The Labute approximate surface area is 165 Å². The van der Waals surface area contributed by atoms with Crippen molar-refractivity contribution in [1.29, 1.82) is 0 Å². The van der Waals surface area contributed by atoms with Crippen LogP contribution < -0.4 is 10.6 Å². The molecule has 2 aromatic rings. The minimum Gasteiger partial charge on any atom is -0.447 e. The van der Waals surface area contributed by atoms with Crippen LogP contribution in [0.4, 0.5) is 29.3 Å². The minimum absolute atomic E-state index is 0.0588. The van der Waals surface area contributed by atoms with Crippen LogP contribution in [0, 0.1) is 0 Å². The number of alkyl halides is 3. The summed E-state index contributed by atoms with van der Waals surface area (Å²) in [6.07, 6.45) is -4.93. The monoisotopic (exact) mass is 408 g/mol. The molecule has 2 N–H and O–H groups in total. The highest BCUT2D eigenvalue weighted by Crippen LogP contribution is 2.33. The zero-order chi connectivity index (χ0) is 21.3. The van der Waals surface area contributed by atoms with Crippen LogP contribution in [0.2, 0.25) is 0 Å². The molecule has 2 rings (SSSR count). The third-order valence-corrected chi connectivity index (χ3v) is 3.56. The molecule has 2 aromatic carbocycles. The summed E-state index contributed by atoms with van der Waals surface area (Å²) in [6.45, 7) is 0.294. The van der Waals surface area contributed by atoms with Gasteiger partial charge < -0.3 is 14.8 Å². The number of amides is 2. The summed E-state index contributed by atoms with van der Waals surface area (Å²) in [5.41, 5.74) is -0.681. The molecular weight excluding hydrogens is 389 g/mol. The van der Waals surface area contributed by atoms with E-state index in [9.17, 15) is 22.8 Å². The van der Waals surface area contributed by atoms with Crippen molar-refractivity contribution in [3.05, 3.63) is 66.2 Å². The van der Waals surface area contributed by atoms with Crippen molar-refractivity contribution >= 4 is 28.9 Å². The van der Waals surface area contributed by atoms with E-state index >= 15 is 0 Å². The molecule has 0 spiro atoms. The SMILES string of the molecule is COCCOC(=O)Nc1cccc(NC(=O)/C=C(/c2ccccc2)C(F)(F)F)c1. The number of rotatable bonds is 7. The summed E-state index contributed by atoms with van der Waals surface area (Å²) in [6, 6.07) is 12.9. The molecule has 0 heterocycles. The molecule has 29 heavy (non-hydrogen) atoms. The number of allylic oxidation sites excluding steroid dienone is 1. The van der Waals surface area contributed by atoms with Crippen molar-refractivity contribution in [2.75, 3.05) is 31.0 Å². The highest BCUT2D eigenvalue weighted by atomic mass is 19.4. The Bertz CT molecular complexity index is 868. The number of carbonyl (C=O) groups is 2. The first-order valence-electron chi connectivity index (χ1n) is 8.47.